The largest absolute Gasteiger partial charge is 0.319 e. The van der Waals surface area contributed by atoms with Crippen LogP contribution >= 0.6 is 0 Å². The normalized spacial score (nSPS) is 24.1. The van der Waals surface area contributed by atoms with Crippen molar-refractivity contribution in [3.63, 3.8) is 0 Å². The van der Waals surface area contributed by atoms with Crippen molar-refractivity contribution >= 4 is 12.3 Å². The first-order chi connectivity index (χ1) is 6.81. The Balaban J connectivity index is 2.61. The van der Waals surface area contributed by atoms with Crippen molar-refractivity contribution in [2.75, 3.05) is 6.54 Å². The smallest absolute Gasteiger partial charge is 0.222 e. The van der Waals surface area contributed by atoms with Crippen LogP contribution in [0.5, 0.6) is 0 Å². The molecule has 8 heteroatoms. The van der Waals surface area contributed by atoms with E-state index in [1.165, 1.54) is 6.34 Å². The van der Waals surface area contributed by atoms with Gasteiger partial charge in [0, 0.05) is 6.54 Å². The highest BCUT2D eigenvalue weighted by Crippen LogP contribution is 1.93. The summed E-state index contributed by atoms with van der Waals surface area (Å²) in [5, 5.41) is 21.2. The number of nitrogens with one attached hydrogen (secondary N) is 3. The molecule has 1 unspecified atom stereocenters. The number of rotatable bonds is 4. The van der Waals surface area contributed by atoms with Gasteiger partial charge in [-0.25, -0.2) is 10.0 Å². The van der Waals surface area contributed by atoms with Crippen LogP contribution in [-0.4, -0.2) is 40.6 Å². The lowest BCUT2D eigenvalue weighted by Gasteiger charge is -2.30. The van der Waals surface area contributed by atoms with Gasteiger partial charge in [-0.3, -0.25) is 10.2 Å². The molecule has 0 spiro atoms. The summed E-state index contributed by atoms with van der Waals surface area (Å²) in [6.45, 7) is 2.66. The second-order valence-electron chi connectivity index (χ2n) is 2.63. The first-order valence-electron chi connectivity index (χ1n) is 4.24. The van der Waals surface area contributed by atoms with Crippen molar-refractivity contribution in [2.24, 2.45) is 9.98 Å². The molecule has 0 saturated carbocycles. The van der Waals surface area contributed by atoms with E-state index in [0.717, 1.165) is 11.4 Å². The number of hydroxylamine groups is 1. The van der Waals surface area contributed by atoms with E-state index in [2.05, 4.69) is 15.3 Å². The van der Waals surface area contributed by atoms with E-state index in [1.807, 2.05) is 18.0 Å². The van der Waals surface area contributed by atoms with E-state index in [9.17, 15) is 0 Å². The summed E-state index contributed by atoms with van der Waals surface area (Å²) < 4.78 is 0. The van der Waals surface area contributed by atoms with Gasteiger partial charge in [0.2, 0.25) is 5.96 Å². The predicted molar refractivity (Wildman–Crippen MR) is 49.7 cm³/mol. The van der Waals surface area contributed by atoms with E-state index < -0.39 is 6.29 Å². The minimum Gasteiger partial charge on any atom is -0.319 e. The van der Waals surface area contributed by atoms with Crippen LogP contribution in [0.1, 0.15) is 13.3 Å². The molecule has 0 aliphatic carbocycles. The third-order valence-corrected chi connectivity index (χ3v) is 1.57. The Bertz CT molecular complexity index is 230. The number of aliphatic imine (C=N–C) groups is 2. The van der Waals surface area contributed by atoms with E-state index in [0.29, 0.717) is 12.5 Å². The molecule has 0 radical (unpaired) electrons. The van der Waals surface area contributed by atoms with Crippen LogP contribution in [0.4, 0.5) is 0 Å². The Morgan fingerprint density at radius 2 is 2.50 bits per heavy atom. The highest BCUT2D eigenvalue weighted by atomic mass is 16.5. The fraction of sp³-hybridized carbons (Fsp3) is 0.667. The summed E-state index contributed by atoms with van der Waals surface area (Å²) in [6.07, 6.45) is 1.52. The number of nitrogens with zero attached hydrogens (tertiary/aromatic N) is 3. The molecule has 0 bridgehead atoms. The Hall–Kier alpha value is -1.22. The van der Waals surface area contributed by atoms with Crippen LogP contribution in [0.15, 0.2) is 9.98 Å². The number of hydrazine groups is 1. The maximum atomic E-state index is 8.71. The molecule has 14 heavy (non-hydrogen) atoms. The highest BCUT2D eigenvalue weighted by molar-refractivity contribution is 5.89. The molecular formula is C6H14N6O2. The van der Waals surface area contributed by atoms with E-state index >= 15 is 0 Å². The summed E-state index contributed by atoms with van der Waals surface area (Å²) in [6, 6.07) is 0. The van der Waals surface area contributed by atoms with Crippen LogP contribution in [-0.2, 0) is 0 Å². The van der Waals surface area contributed by atoms with Gasteiger partial charge in [-0.15, -0.1) is 5.59 Å². The van der Waals surface area contributed by atoms with Crippen molar-refractivity contribution in [1.29, 1.82) is 0 Å². The van der Waals surface area contributed by atoms with Gasteiger partial charge in [0.15, 0.2) is 6.29 Å². The van der Waals surface area contributed by atoms with Crippen LogP contribution < -0.4 is 16.4 Å². The van der Waals surface area contributed by atoms with E-state index in [-0.39, 0.29) is 0 Å². The lowest BCUT2D eigenvalue weighted by molar-refractivity contribution is -0.0480. The molecule has 1 heterocycles. The Morgan fingerprint density at radius 3 is 3.07 bits per heavy atom. The fourth-order valence-corrected chi connectivity index (χ4v) is 0.895. The molecule has 8 nitrogen and oxygen atoms in total. The molecule has 1 aliphatic rings. The lowest BCUT2D eigenvalue weighted by atomic mass is 10.5. The minimum atomic E-state index is -0.701. The second-order valence-corrected chi connectivity index (χ2v) is 2.63. The Kier molecular flexibility index (Phi) is 4.26. The maximum absolute atomic E-state index is 8.71. The topological polar surface area (TPSA) is 105 Å². The predicted octanol–water partition coefficient (Wildman–Crippen LogP) is -1.16. The van der Waals surface area contributed by atoms with Gasteiger partial charge in [0.25, 0.3) is 0 Å². The summed E-state index contributed by atoms with van der Waals surface area (Å²) in [4.78, 5) is 7.97. The van der Waals surface area contributed by atoms with E-state index in [4.69, 9.17) is 10.4 Å². The molecule has 0 amide bonds. The first-order valence-corrected chi connectivity index (χ1v) is 4.24. The quantitative estimate of drug-likeness (QED) is 0.368. The molecule has 0 aromatic rings. The van der Waals surface area contributed by atoms with Gasteiger partial charge < -0.3 is 10.5 Å². The van der Waals surface area contributed by atoms with Gasteiger partial charge in [-0.2, -0.15) is 5.48 Å². The standard InChI is InChI=1S/C6H14N6O2/c1-2-3-7-5-8-4-12(11-14)6(9-5)10-13/h4,6,10-11,13-14H,2-3H2,1H3,(H,7,9). The molecule has 0 saturated heterocycles. The van der Waals surface area contributed by atoms with Crippen molar-refractivity contribution in [2.45, 2.75) is 19.6 Å². The SMILES string of the molecule is CCCN=C1N=CN(NO)C(NO)N1. The molecule has 0 aromatic carbocycles. The average molecular weight is 202 g/mol. The van der Waals surface area contributed by atoms with Gasteiger partial charge >= 0.3 is 0 Å². The van der Waals surface area contributed by atoms with Gasteiger partial charge in [0.05, 0.1) is 0 Å². The summed E-state index contributed by atoms with van der Waals surface area (Å²) in [5.41, 5.74) is 3.76. The Labute approximate surface area is 81.2 Å². The van der Waals surface area contributed by atoms with E-state index in [1.54, 1.807) is 0 Å². The van der Waals surface area contributed by atoms with Crippen molar-refractivity contribution in [3.8, 4) is 0 Å². The zero-order valence-corrected chi connectivity index (χ0v) is 7.80. The van der Waals surface area contributed by atoms with Gasteiger partial charge in [-0.1, -0.05) is 6.92 Å². The third kappa shape index (κ3) is 2.64. The zero-order chi connectivity index (χ0) is 10.4. The molecule has 1 aliphatic heterocycles. The van der Waals surface area contributed by atoms with Gasteiger partial charge in [0.1, 0.15) is 6.34 Å². The van der Waals surface area contributed by atoms with Crippen molar-refractivity contribution in [1.82, 2.24) is 21.4 Å². The molecule has 5 N–H and O–H groups in total. The lowest BCUT2D eigenvalue weighted by Crippen LogP contribution is -2.61. The summed E-state index contributed by atoms with van der Waals surface area (Å²) in [5.74, 6) is 0.407. The van der Waals surface area contributed by atoms with Crippen LogP contribution in [0, 0.1) is 0 Å². The molecular weight excluding hydrogens is 188 g/mol. The number of hydrogen-bond acceptors (Lipinski definition) is 6. The van der Waals surface area contributed by atoms with Crippen LogP contribution in [0.25, 0.3) is 0 Å². The fourth-order valence-electron chi connectivity index (χ4n) is 0.895. The molecule has 1 atom stereocenters. The average Bonchev–Trinajstić information content (AvgIpc) is 2.25. The first kappa shape index (κ1) is 10.9. The molecule has 1 rings (SSSR count). The monoisotopic (exact) mass is 202 g/mol. The highest BCUT2D eigenvalue weighted by Gasteiger charge is 2.19. The minimum absolute atomic E-state index is 0.407. The van der Waals surface area contributed by atoms with Crippen molar-refractivity contribution in [3.05, 3.63) is 0 Å². The third-order valence-electron chi connectivity index (χ3n) is 1.57. The van der Waals surface area contributed by atoms with Crippen molar-refractivity contribution < 1.29 is 10.4 Å². The molecule has 0 aromatic heterocycles. The van der Waals surface area contributed by atoms with Crippen LogP contribution in [0.2, 0.25) is 0 Å². The molecule has 80 valence electrons. The Morgan fingerprint density at radius 1 is 1.71 bits per heavy atom. The summed E-state index contributed by atoms with van der Waals surface area (Å²) in [7, 11) is 0. The number of hydrogen-bond donors (Lipinski definition) is 5. The second kappa shape index (κ2) is 5.50. The zero-order valence-electron chi connectivity index (χ0n) is 7.80. The van der Waals surface area contributed by atoms with Crippen LogP contribution in [0.3, 0.4) is 0 Å². The maximum Gasteiger partial charge on any atom is 0.222 e. The van der Waals surface area contributed by atoms with Gasteiger partial charge in [-0.05, 0) is 6.42 Å². The number of guanidine groups is 1. The molecule has 0 fully saturated rings. The summed E-state index contributed by atoms with van der Waals surface area (Å²) >= 11 is 0.